The van der Waals surface area contributed by atoms with E-state index in [2.05, 4.69) is 15.3 Å². The van der Waals surface area contributed by atoms with E-state index in [-0.39, 0.29) is 24.9 Å². The van der Waals surface area contributed by atoms with Crippen LogP contribution >= 0.6 is 34.8 Å². The van der Waals surface area contributed by atoms with Crippen LogP contribution in [0.4, 0.5) is 11.4 Å². The molecule has 0 saturated carbocycles. The fraction of sp³-hybridized carbons (Fsp3) is 0.0968. The first-order valence-corrected chi connectivity index (χ1v) is 13.5. The Balaban J connectivity index is 0.000000161. The normalized spacial score (nSPS) is 14.3. The Hall–Kier alpha value is -3.97. The van der Waals surface area contributed by atoms with Crippen LogP contribution in [0.1, 0.15) is 22.3 Å². The molecule has 0 saturated heterocycles. The van der Waals surface area contributed by atoms with Crippen molar-refractivity contribution in [3.8, 4) is 0 Å². The van der Waals surface area contributed by atoms with E-state index >= 15 is 0 Å². The second kappa shape index (κ2) is 12.0. The number of halogens is 3. The van der Waals surface area contributed by atoms with E-state index in [1.54, 1.807) is 42.3 Å². The van der Waals surface area contributed by atoms with E-state index in [9.17, 15) is 9.59 Å². The lowest BCUT2D eigenvalue weighted by atomic mass is 10.0. The monoisotopic (exact) mass is 588 g/mol. The van der Waals surface area contributed by atoms with Gasteiger partial charge in [-0.2, -0.15) is 0 Å². The third-order valence-electron chi connectivity index (χ3n) is 6.39. The predicted octanol–water partition coefficient (Wildman–Crippen LogP) is 6.94. The van der Waals surface area contributed by atoms with E-state index in [4.69, 9.17) is 34.8 Å². The van der Waals surface area contributed by atoms with Crippen molar-refractivity contribution in [3.05, 3.63) is 128 Å². The highest BCUT2D eigenvalue weighted by atomic mass is 35.5. The average molecular weight is 590 g/mol. The molecule has 0 fully saturated rings. The van der Waals surface area contributed by atoms with Crippen LogP contribution in [0.3, 0.4) is 0 Å². The van der Waals surface area contributed by atoms with E-state index in [0.717, 1.165) is 33.7 Å². The molecule has 0 aliphatic carbocycles. The van der Waals surface area contributed by atoms with Gasteiger partial charge in [-0.25, -0.2) is 0 Å². The molecule has 2 amide bonds. The first kappa shape index (κ1) is 27.6. The topological polar surface area (TPSA) is 74.1 Å². The number of nitrogens with zero attached hydrogens (tertiary/aromatic N) is 3. The third-order valence-corrected chi connectivity index (χ3v) is 7.19. The summed E-state index contributed by atoms with van der Waals surface area (Å²) in [5.74, 6) is -0.185. The molecule has 6 nitrogen and oxygen atoms in total. The van der Waals surface area contributed by atoms with Crippen molar-refractivity contribution >= 4 is 69.4 Å². The van der Waals surface area contributed by atoms with Gasteiger partial charge in [0.05, 0.1) is 22.8 Å². The van der Waals surface area contributed by atoms with Gasteiger partial charge in [0.15, 0.2) is 0 Å². The summed E-state index contributed by atoms with van der Waals surface area (Å²) >= 11 is 18.4. The molecule has 1 N–H and O–H groups in total. The maximum Gasteiger partial charge on any atom is 0.248 e. The summed E-state index contributed by atoms with van der Waals surface area (Å²) in [6.07, 6.45) is 0. The summed E-state index contributed by atoms with van der Waals surface area (Å²) in [7, 11) is 1.76. The highest BCUT2D eigenvalue weighted by Gasteiger charge is 2.23. The zero-order chi connectivity index (χ0) is 28.2. The summed E-state index contributed by atoms with van der Waals surface area (Å²) in [5, 5.41) is 4.62. The molecule has 0 atom stereocenters. The number of benzene rings is 4. The fourth-order valence-corrected chi connectivity index (χ4v) is 5.01. The van der Waals surface area contributed by atoms with E-state index in [1.165, 1.54) is 0 Å². The van der Waals surface area contributed by atoms with Crippen molar-refractivity contribution in [2.45, 2.75) is 0 Å². The molecule has 6 rings (SSSR count). The Morgan fingerprint density at radius 2 is 1.35 bits per heavy atom. The van der Waals surface area contributed by atoms with Crippen LogP contribution in [-0.4, -0.2) is 43.4 Å². The first-order valence-electron chi connectivity index (χ1n) is 12.4. The van der Waals surface area contributed by atoms with Crippen molar-refractivity contribution < 1.29 is 9.59 Å². The second-order valence-corrected chi connectivity index (χ2v) is 10.3. The summed E-state index contributed by atoms with van der Waals surface area (Å²) < 4.78 is 0. The van der Waals surface area contributed by atoms with Crippen molar-refractivity contribution in [3.63, 3.8) is 0 Å². The van der Waals surface area contributed by atoms with Crippen molar-refractivity contribution in [1.82, 2.24) is 0 Å². The van der Waals surface area contributed by atoms with Crippen LogP contribution in [0.25, 0.3) is 0 Å². The minimum Gasteiger partial charge on any atom is -0.324 e. The number of amides is 2. The van der Waals surface area contributed by atoms with E-state index in [1.807, 2.05) is 60.7 Å². The molecule has 9 heteroatoms. The quantitative estimate of drug-likeness (QED) is 0.275. The minimum atomic E-state index is -0.157. The number of hydrogen-bond acceptors (Lipinski definition) is 4. The lowest BCUT2D eigenvalue weighted by molar-refractivity contribution is -0.117. The van der Waals surface area contributed by atoms with Crippen LogP contribution in [0.5, 0.6) is 0 Å². The summed E-state index contributed by atoms with van der Waals surface area (Å²) in [6, 6.07) is 28.0. The molecule has 0 radical (unpaired) electrons. The maximum absolute atomic E-state index is 12.0. The highest BCUT2D eigenvalue weighted by molar-refractivity contribution is 6.37. The van der Waals surface area contributed by atoms with Crippen LogP contribution in [0.2, 0.25) is 15.1 Å². The maximum atomic E-state index is 12.0. The molecule has 2 aliphatic rings. The van der Waals surface area contributed by atoms with Crippen LogP contribution in [-0.2, 0) is 9.59 Å². The van der Waals surface area contributed by atoms with Gasteiger partial charge in [-0.15, -0.1) is 0 Å². The number of carbonyl (C=O) groups excluding carboxylic acids is 2. The number of rotatable bonds is 2. The molecule has 0 bridgehead atoms. The second-order valence-electron chi connectivity index (χ2n) is 9.03. The van der Waals surface area contributed by atoms with Crippen molar-refractivity contribution in [1.29, 1.82) is 0 Å². The van der Waals surface area contributed by atoms with Crippen molar-refractivity contribution in [2.75, 3.05) is 30.4 Å². The van der Waals surface area contributed by atoms with Gasteiger partial charge in [-0.05, 0) is 42.5 Å². The average Bonchev–Trinajstić information content (AvgIpc) is 3.19. The van der Waals surface area contributed by atoms with Gasteiger partial charge in [-0.1, -0.05) is 83.3 Å². The van der Waals surface area contributed by atoms with Gasteiger partial charge in [0.25, 0.3) is 0 Å². The lowest BCUT2D eigenvalue weighted by Gasteiger charge is -2.18. The summed E-state index contributed by atoms with van der Waals surface area (Å²) in [6.45, 7) is 0.208. The fourth-order valence-electron chi connectivity index (χ4n) is 4.44. The zero-order valence-corrected chi connectivity index (χ0v) is 23.6. The van der Waals surface area contributed by atoms with E-state index < -0.39 is 0 Å². The molecular formula is C31H23Cl3N4O2. The van der Waals surface area contributed by atoms with Crippen molar-refractivity contribution in [2.24, 2.45) is 9.98 Å². The molecule has 2 heterocycles. The first-order chi connectivity index (χ1) is 19.3. The largest absolute Gasteiger partial charge is 0.324 e. The zero-order valence-electron chi connectivity index (χ0n) is 21.4. The van der Waals surface area contributed by atoms with Gasteiger partial charge in [0.1, 0.15) is 13.1 Å². The number of anilines is 2. The molecule has 200 valence electrons. The number of carbonyl (C=O) groups is 2. The van der Waals surface area contributed by atoms with Crippen LogP contribution < -0.4 is 10.2 Å². The SMILES string of the molecule is CN1C(=O)CN=C(c2ccccc2)c2cc(Cl)ccc21.O=C1CN=C(c2ccccc2Cl)c2cc(Cl)ccc2N1. The van der Waals surface area contributed by atoms with Crippen LogP contribution in [0, 0.1) is 0 Å². The predicted molar refractivity (Wildman–Crippen MR) is 164 cm³/mol. The molecule has 2 aliphatic heterocycles. The number of benzodiazepines with no additional fused rings is 2. The van der Waals surface area contributed by atoms with E-state index in [0.29, 0.717) is 26.5 Å². The van der Waals surface area contributed by atoms with Gasteiger partial charge in [-0.3, -0.25) is 19.6 Å². The number of nitrogens with one attached hydrogen (secondary N) is 1. The third kappa shape index (κ3) is 5.94. The summed E-state index contributed by atoms with van der Waals surface area (Å²) in [5.41, 5.74) is 6.43. The molecule has 0 unspecified atom stereocenters. The minimum absolute atomic E-state index is 0.0282. The number of hydrogen-bond donors (Lipinski definition) is 1. The molecule has 0 aromatic heterocycles. The molecule has 0 spiro atoms. The Bertz CT molecular complexity index is 1670. The van der Waals surface area contributed by atoms with Gasteiger partial charge in [0, 0.05) is 44.4 Å². The van der Waals surface area contributed by atoms with Crippen LogP contribution in [0.15, 0.2) is 101 Å². The number of aliphatic imine (C=N–C) groups is 2. The van der Waals surface area contributed by atoms with Gasteiger partial charge >= 0.3 is 0 Å². The standard InChI is InChI=1S/C16H13ClN2O.C15H10Cl2N2O/c1-19-14-8-7-12(17)9-13(14)16(18-10-15(19)20)11-5-3-2-4-6-11;16-9-5-6-13-11(7-9)15(18-8-14(20)19-13)10-3-1-2-4-12(10)17/h2-9H,10H2,1H3;1-7H,8H2,(H,19,20). The smallest absolute Gasteiger partial charge is 0.248 e. The Morgan fingerprint density at radius 3 is 2.10 bits per heavy atom. The molecule has 4 aromatic rings. The number of likely N-dealkylation sites (N-methyl/N-ethyl adjacent to an activating group) is 1. The Labute approximate surface area is 246 Å². The van der Waals surface area contributed by atoms with Gasteiger partial charge < -0.3 is 10.2 Å². The highest BCUT2D eigenvalue weighted by Crippen LogP contribution is 2.30. The molecular weight excluding hydrogens is 567 g/mol. The Kier molecular flexibility index (Phi) is 8.31. The lowest BCUT2D eigenvalue weighted by Crippen LogP contribution is -2.27. The van der Waals surface area contributed by atoms with Gasteiger partial charge in [0.2, 0.25) is 11.8 Å². The molecule has 4 aromatic carbocycles. The Morgan fingerprint density at radius 1 is 0.700 bits per heavy atom. The number of fused-ring (bicyclic) bond motifs is 2. The molecule has 40 heavy (non-hydrogen) atoms. The summed E-state index contributed by atoms with van der Waals surface area (Å²) in [4.78, 5) is 34.2.